The van der Waals surface area contributed by atoms with Crippen LogP contribution in [-0.2, 0) is 14.8 Å². The number of phenolic OH excluding ortho intramolecular Hbond substituents is 1. The Kier molecular flexibility index (Phi) is 6.41. The number of aryl methyl sites for hydroxylation is 1. The van der Waals surface area contributed by atoms with E-state index >= 15 is 0 Å². The molecule has 3 aromatic carbocycles. The summed E-state index contributed by atoms with van der Waals surface area (Å²) in [4.78, 5) is 25.6. The molecule has 0 amide bonds. The summed E-state index contributed by atoms with van der Waals surface area (Å²) in [6, 6.07) is 14.1. The molecule has 0 radical (unpaired) electrons. The number of nitrogens with one attached hydrogen (secondary N) is 1. The van der Waals surface area contributed by atoms with Crippen LogP contribution in [0.5, 0.6) is 11.5 Å². The van der Waals surface area contributed by atoms with Crippen molar-refractivity contribution in [3.63, 3.8) is 0 Å². The van der Waals surface area contributed by atoms with E-state index in [2.05, 4.69) is 4.72 Å². The highest BCUT2D eigenvalue weighted by Gasteiger charge is 2.27. The highest BCUT2D eigenvalue weighted by Crippen LogP contribution is 2.30. The largest absolute Gasteiger partial charge is 0.507 e. The molecule has 0 bridgehead atoms. The number of fused-ring (bicyclic) bond motifs is 2. The number of carbonyl (C=O) groups excluding carboxylic acids is 1. The summed E-state index contributed by atoms with van der Waals surface area (Å²) in [6.45, 7) is 3.65. The molecule has 8 nitrogen and oxygen atoms in total. The molecule has 1 aromatic heterocycles. The minimum atomic E-state index is -3.97. The monoisotopic (exact) mass is 481 g/mol. The van der Waals surface area contributed by atoms with E-state index < -0.39 is 33.2 Å². The minimum absolute atomic E-state index is 0.0315. The number of benzene rings is 3. The Labute approximate surface area is 195 Å². The van der Waals surface area contributed by atoms with Crippen molar-refractivity contribution in [1.29, 1.82) is 0 Å². The van der Waals surface area contributed by atoms with E-state index in [1.807, 2.05) is 13.8 Å². The molecule has 4 rings (SSSR count). The molecule has 1 atom stereocenters. The second-order valence-corrected chi connectivity index (χ2v) is 9.65. The van der Waals surface area contributed by atoms with Gasteiger partial charge < -0.3 is 14.3 Å². The van der Waals surface area contributed by atoms with Crippen LogP contribution in [-0.4, -0.2) is 25.5 Å². The fourth-order valence-corrected chi connectivity index (χ4v) is 4.83. The Morgan fingerprint density at radius 3 is 2.50 bits per heavy atom. The van der Waals surface area contributed by atoms with Gasteiger partial charge in [-0.25, -0.2) is 13.2 Å². The molecule has 34 heavy (non-hydrogen) atoms. The van der Waals surface area contributed by atoms with Crippen molar-refractivity contribution in [3.05, 3.63) is 76.5 Å². The molecular weight excluding hydrogens is 458 g/mol. The third kappa shape index (κ3) is 4.66. The maximum absolute atomic E-state index is 12.9. The number of ether oxygens (including phenoxy) is 1. The first-order valence-electron chi connectivity index (χ1n) is 10.7. The predicted octanol–water partition coefficient (Wildman–Crippen LogP) is 4.01. The first-order chi connectivity index (χ1) is 16.2. The van der Waals surface area contributed by atoms with Gasteiger partial charge in [0.05, 0.1) is 10.3 Å². The van der Waals surface area contributed by atoms with Crippen molar-refractivity contribution in [2.45, 2.75) is 37.6 Å². The van der Waals surface area contributed by atoms with Gasteiger partial charge in [0, 0.05) is 12.1 Å². The third-order valence-electron chi connectivity index (χ3n) is 5.34. The summed E-state index contributed by atoms with van der Waals surface area (Å²) in [7, 11) is -3.97. The standard InChI is InChI=1S/C25H23NO7S/c1-3-6-19(26-34(30,31)17-11-9-15(2)10-12-17)25(29)32-16-13-20(27)23-22(14-16)33-21-8-5-4-7-18(21)24(23)28/h4-5,7-14,19,26-27H,3,6H2,1-2H3. The molecular formula is C25H23NO7S. The molecule has 0 aliphatic carbocycles. The maximum atomic E-state index is 12.9. The molecule has 0 fully saturated rings. The summed E-state index contributed by atoms with van der Waals surface area (Å²) < 4.78 is 39.0. The molecule has 176 valence electrons. The number of hydrogen-bond acceptors (Lipinski definition) is 7. The van der Waals surface area contributed by atoms with Crippen LogP contribution in [0, 0.1) is 6.92 Å². The molecule has 0 saturated heterocycles. The molecule has 1 unspecified atom stereocenters. The third-order valence-corrected chi connectivity index (χ3v) is 6.83. The molecule has 0 saturated carbocycles. The molecule has 0 aliphatic rings. The Hall–Kier alpha value is -3.69. The Bertz CT molecular complexity index is 1540. The Morgan fingerprint density at radius 2 is 1.79 bits per heavy atom. The lowest BCUT2D eigenvalue weighted by atomic mass is 10.1. The van der Waals surface area contributed by atoms with Gasteiger partial charge in [-0.15, -0.1) is 0 Å². The molecule has 4 aromatic rings. The van der Waals surface area contributed by atoms with Gasteiger partial charge in [0.25, 0.3) is 0 Å². The average Bonchev–Trinajstić information content (AvgIpc) is 2.78. The van der Waals surface area contributed by atoms with Gasteiger partial charge in [-0.1, -0.05) is 43.2 Å². The lowest BCUT2D eigenvalue weighted by Crippen LogP contribution is -2.42. The molecule has 0 spiro atoms. The normalized spacial score (nSPS) is 12.6. The zero-order chi connectivity index (χ0) is 24.5. The lowest BCUT2D eigenvalue weighted by molar-refractivity contribution is -0.136. The topological polar surface area (TPSA) is 123 Å². The fourth-order valence-electron chi connectivity index (χ4n) is 3.61. The number of aromatic hydroxyl groups is 1. The van der Waals surface area contributed by atoms with Crippen LogP contribution in [0.1, 0.15) is 25.3 Å². The number of esters is 1. The van der Waals surface area contributed by atoms with Gasteiger partial charge in [-0.2, -0.15) is 4.72 Å². The van der Waals surface area contributed by atoms with E-state index in [0.29, 0.717) is 17.4 Å². The van der Waals surface area contributed by atoms with Crippen LogP contribution in [0.4, 0.5) is 0 Å². The average molecular weight is 482 g/mol. The zero-order valence-corrected chi connectivity index (χ0v) is 19.4. The number of carbonyl (C=O) groups is 1. The van der Waals surface area contributed by atoms with E-state index in [-0.39, 0.29) is 28.0 Å². The fraction of sp³-hybridized carbons (Fsp3) is 0.200. The van der Waals surface area contributed by atoms with Crippen LogP contribution in [0.2, 0.25) is 0 Å². The number of sulfonamides is 1. The first kappa shape index (κ1) is 23.5. The maximum Gasteiger partial charge on any atom is 0.329 e. The molecule has 2 N–H and O–H groups in total. The van der Waals surface area contributed by atoms with Gasteiger partial charge in [0.15, 0.2) is 0 Å². The Balaban J connectivity index is 1.64. The quantitative estimate of drug-likeness (QED) is 0.232. The van der Waals surface area contributed by atoms with E-state index in [0.717, 1.165) is 11.6 Å². The number of para-hydroxylation sites is 1. The highest BCUT2D eigenvalue weighted by molar-refractivity contribution is 7.89. The Morgan fingerprint density at radius 1 is 1.09 bits per heavy atom. The van der Waals surface area contributed by atoms with E-state index in [9.17, 15) is 23.1 Å². The SMILES string of the molecule is CCCC(NS(=O)(=O)c1ccc(C)cc1)C(=O)Oc1cc(O)c2c(=O)c3ccccc3oc2c1. The summed E-state index contributed by atoms with van der Waals surface area (Å²) >= 11 is 0. The van der Waals surface area contributed by atoms with Crippen LogP contribution >= 0.6 is 0 Å². The van der Waals surface area contributed by atoms with Crippen molar-refractivity contribution in [1.82, 2.24) is 4.72 Å². The van der Waals surface area contributed by atoms with Crippen LogP contribution in [0.15, 0.2) is 74.8 Å². The van der Waals surface area contributed by atoms with Gasteiger partial charge >= 0.3 is 5.97 Å². The molecule has 1 heterocycles. The van der Waals surface area contributed by atoms with Gasteiger partial charge in [-0.3, -0.25) is 4.79 Å². The smallest absolute Gasteiger partial charge is 0.329 e. The van der Waals surface area contributed by atoms with Crippen molar-refractivity contribution in [2.75, 3.05) is 0 Å². The van der Waals surface area contributed by atoms with E-state index in [1.165, 1.54) is 18.2 Å². The zero-order valence-electron chi connectivity index (χ0n) is 18.6. The summed E-state index contributed by atoms with van der Waals surface area (Å²) in [5, 5.41) is 10.7. The minimum Gasteiger partial charge on any atom is -0.507 e. The molecule has 0 aliphatic heterocycles. The van der Waals surface area contributed by atoms with Gasteiger partial charge in [-0.05, 0) is 37.6 Å². The van der Waals surface area contributed by atoms with Crippen molar-refractivity contribution in [3.8, 4) is 11.5 Å². The predicted molar refractivity (Wildman–Crippen MR) is 127 cm³/mol. The lowest BCUT2D eigenvalue weighted by Gasteiger charge is -2.17. The van der Waals surface area contributed by atoms with Gasteiger partial charge in [0.2, 0.25) is 15.5 Å². The van der Waals surface area contributed by atoms with Crippen molar-refractivity contribution >= 4 is 37.9 Å². The number of phenols is 1. The van der Waals surface area contributed by atoms with Crippen LogP contribution in [0.25, 0.3) is 21.9 Å². The van der Waals surface area contributed by atoms with Crippen molar-refractivity contribution in [2.24, 2.45) is 0 Å². The second-order valence-electron chi connectivity index (χ2n) is 7.94. The van der Waals surface area contributed by atoms with Gasteiger partial charge in [0.1, 0.15) is 34.1 Å². The number of hydrogen-bond donors (Lipinski definition) is 2. The van der Waals surface area contributed by atoms with Crippen LogP contribution in [0.3, 0.4) is 0 Å². The summed E-state index contributed by atoms with van der Waals surface area (Å²) in [6.07, 6.45) is 0.712. The van der Waals surface area contributed by atoms with Crippen LogP contribution < -0.4 is 14.9 Å². The second kappa shape index (κ2) is 9.28. The van der Waals surface area contributed by atoms with Crippen molar-refractivity contribution < 1.29 is 27.5 Å². The van der Waals surface area contributed by atoms with E-state index in [1.54, 1.807) is 36.4 Å². The highest BCUT2D eigenvalue weighted by atomic mass is 32.2. The summed E-state index contributed by atoms with van der Waals surface area (Å²) in [5.74, 6) is -1.34. The number of rotatable bonds is 7. The van der Waals surface area contributed by atoms with E-state index in [4.69, 9.17) is 9.15 Å². The first-order valence-corrected chi connectivity index (χ1v) is 12.2. The molecule has 9 heteroatoms. The summed E-state index contributed by atoms with van der Waals surface area (Å²) in [5.41, 5.74) is 0.845.